The molecule has 0 N–H and O–H groups in total. The van der Waals surface area contributed by atoms with Crippen molar-refractivity contribution >= 4 is 8.60 Å². The molecule has 626 valence electrons. The predicted molar refractivity (Wildman–Crippen MR) is 496 cm³/mol. The Morgan fingerprint density at radius 3 is 0.446 bits per heavy atom. The fourth-order valence-electron chi connectivity index (χ4n) is 16.9. The largest absolute Gasteiger partial charge is 0.336 e. The lowest BCUT2D eigenvalue weighted by Crippen LogP contribution is -2.42. The lowest BCUT2D eigenvalue weighted by Gasteiger charge is -2.49. The first kappa shape index (κ1) is 96.5. The summed E-state index contributed by atoms with van der Waals surface area (Å²) in [5.74, 6) is 0. The molecule has 3 nitrogen and oxygen atoms in total. The Morgan fingerprint density at radius 2 is 0.321 bits per heavy atom. The predicted octanol–water partition coefficient (Wildman–Crippen LogP) is 33.7. The van der Waals surface area contributed by atoms with E-state index in [-0.39, 0.29) is 65.0 Å². The normalized spacial score (nSPS) is 14.1. The summed E-state index contributed by atoms with van der Waals surface area (Å²) < 4.78 is 29.0. The van der Waals surface area contributed by atoms with Crippen molar-refractivity contribution in [2.75, 3.05) is 0 Å². The van der Waals surface area contributed by atoms with E-state index in [1.807, 2.05) is 0 Å². The fraction of sp³-hybridized carbons (Fsp3) is 0.667. The van der Waals surface area contributed by atoms with Gasteiger partial charge in [0.05, 0.1) is 0 Å². The maximum atomic E-state index is 9.66. The van der Waals surface area contributed by atoms with Crippen molar-refractivity contribution in [3.05, 3.63) is 209 Å². The first-order valence-electron chi connectivity index (χ1n) is 44.8. The van der Waals surface area contributed by atoms with Gasteiger partial charge in [-0.25, -0.2) is 0 Å². The molecule has 6 aromatic carbocycles. The van der Waals surface area contributed by atoms with Crippen molar-refractivity contribution in [3.8, 4) is 0 Å². The van der Waals surface area contributed by atoms with E-state index >= 15 is 0 Å². The van der Waals surface area contributed by atoms with Gasteiger partial charge in [-0.2, -0.15) is 0 Å². The number of hydrogen-bond acceptors (Lipinski definition) is 3. The second-order valence-corrected chi connectivity index (χ2v) is 48.0. The van der Waals surface area contributed by atoms with Gasteiger partial charge in [0.2, 0.25) is 0 Å². The Kier molecular flexibility index (Phi) is 31.1. The maximum Gasteiger partial charge on any atom is 0.336 e. The molecule has 0 atom stereocenters. The van der Waals surface area contributed by atoms with Crippen LogP contribution in [0, 0.1) is 0 Å². The molecule has 0 saturated carbocycles. The van der Waals surface area contributed by atoms with Crippen LogP contribution in [0.4, 0.5) is 0 Å². The Hall–Kier alpha value is -4.37. The monoisotopic (exact) mass is 1550 g/mol. The summed E-state index contributed by atoms with van der Waals surface area (Å²) in [5.41, 5.74) is 16.6. The summed E-state index contributed by atoms with van der Waals surface area (Å²) in [7, 11) is -2.62. The van der Waals surface area contributed by atoms with Crippen LogP contribution >= 0.6 is 8.60 Å². The first-order chi connectivity index (χ1) is 51.0. The summed E-state index contributed by atoms with van der Waals surface area (Å²) in [6, 6.07) is 45.7. The van der Waals surface area contributed by atoms with E-state index < -0.39 is 25.4 Å². The molecule has 0 unspecified atom stereocenters. The van der Waals surface area contributed by atoms with Crippen LogP contribution < -0.4 is 0 Å². The summed E-state index contributed by atoms with van der Waals surface area (Å²) in [6.45, 7) is 94.2. The third-order valence-corrected chi connectivity index (χ3v) is 25.7. The van der Waals surface area contributed by atoms with Crippen LogP contribution in [-0.2, 0) is 95.4 Å². The van der Waals surface area contributed by atoms with Gasteiger partial charge in [0.1, 0.15) is 16.8 Å². The Labute approximate surface area is 694 Å². The highest BCUT2D eigenvalue weighted by Gasteiger charge is 2.55. The highest BCUT2D eigenvalue weighted by molar-refractivity contribution is 7.41. The van der Waals surface area contributed by atoms with E-state index in [1.54, 1.807) is 0 Å². The molecule has 112 heavy (non-hydrogen) atoms. The molecule has 0 radical (unpaired) electrons. The summed E-state index contributed by atoms with van der Waals surface area (Å²) in [5, 5.41) is 0. The molecule has 6 rings (SSSR count). The first-order valence-corrected chi connectivity index (χ1v) is 45.9. The summed E-state index contributed by atoms with van der Waals surface area (Å²) in [6.07, 6.45) is 18.5. The third-order valence-electron chi connectivity index (χ3n) is 24.4. The standard InChI is InChI=1S/C108H171O3P/c1-40-43-46-49-52-67-106(82-61-55-76(94(4,5)6)70-88(82)100(22,23)24,83-62-56-77(95(7,8)9)71-89(83)101(25,26)27)109-112(110-107(68-53-50-47-44-41-2,84-63-57-78(96(10,11)12)72-90(84)102(28,29)30)85-64-58-79(97(13,14)15)73-91(85)103(31,32)33)111-108(69-54-51-48-45-42-3,86-65-59-80(98(16,17)18)74-92(86)104(34,35)36)87-66-60-81(99(19,20)21)75-93(87)105(37,38)39/h55-66,70-75H,40-54,67-69H2,1-39H3. The van der Waals surface area contributed by atoms with Crippen molar-refractivity contribution < 1.29 is 13.6 Å². The van der Waals surface area contributed by atoms with Gasteiger partial charge in [-0.3, -0.25) is 13.6 Å². The molecule has 4 heteroatoms. The minimum absolute atomic E-state index is 0.138. The molecule has 0 amide bonds. The van der Waals surface area contributed by atoms with Gasteiger partial charge in [-0.1, -0.05) is 456 Å². The van der Waals surface area contributed by atoms with Crippen LogP contribution in [0.1, 0.15) is 486 Å². The molecule has 0 aromatic heterocycles. The minimum Gasteiger partial charge on any atom is -0.296 e. The summed E-state index contributed by atoms with van der Waals surface area (Å²) >= 11 is 0. The van der Waals surface area contributed by atoms with Gasteiger partial charge in [-0.05, 0) is 204 Å². The Bertz CT molecular complexity index is 3380. The van der Waals surface area contributed by atoms with Crippen molar-refractivity contribution in [3.63, 3.8) is 0 Å². The van der Waals surface area contributed by atoms with Crippen molar-refractivity contribution in [2.45, 2.75) is 467 Å². The van der Waals surface area contributed by atoms with Crippen molar-refractivity contribution in [2.24, 2.45) is 0 Å². The van der Waals surface area contributed by atoms with Gasteiger partial charge in [0.25, 0.3) is 0 Å². The van der Waals surface area contributed by atoms with Crippen LogP contribution in [0.3, 0.4) is 0 Å². The van der Waals surface area contributed by atoms with E-state index in [4.69, 9.17) is 0 Å². The molecule has 0 saturated heterocycles. The van der Waals surface area contributed by atoms with Gasteiger partial charge in [-0.15, -0.1) is 0 Å². The Morgan fingerprint density at radius 1 is 0.179 bits per heavy atom. The molecular formula is C108H171O3P. The van der Waals surface area contributed by atoms with Crippen LogP contribution in [0.5, 0.6) is 0 Å². The second-order valence-electron chi connectivity index (χ2n) is 47.0. The fourth-order valence-corrected chi connectivity index (χ4v) is 18.7. The molecule has 0 aliphatic heterocycles. The van der Waals surface area contributed by atoms with Crippen LogP contribution in [0.25, 0.3) is 0 Å². The zero-order chi connectivity index (χ0) is 85.0. The Balaban J connectivity index is 2.22. The zero-order valence-electron chi connectivity index (χ0n) is 80.3. The van der Waals surface area contributed by atoms with E-state index in [2.05, 4.69) is 379 Å². The van der Waals surface area contributed by atoms with Crippen molar-refractivity contribution in [1.29, 1.82) is 0 Å². The van der Waals surface area contributed by atoms with Gasteiger partial charge < -0.3 is 0 Å². The smallest absolute Gasteiger partial charge is 0.296 e. The average Bonchev–Trinajstić information content (AvgIpc) is 0.716. The number of benzene rings is 6. The third kappa shape index (κ3) is 23.8. The van der Waals surface area contributed by atoms with E-state index in [9.17, 15) is 13.6 Å². The van der Waals surface area contributed by atoms with Gasteiger partial charge >= 0.3 is 8.60 Å². The van der Waals surface area contributed by atoms with Gasteiger partial charge in [0.15, 0.2) is 0 Å². The molecule has 0 spiro atoms. The number of unbranched alkanes of at least 4 members (excludes halogenated alkanes) is 12. The molecule has 0 aliphatic carbocycles. The highest BCUT2D eigenvalue weighted by Crippen LogP contribution is 2.66. The highest BCUT2D eigenvalue weighted by atomic mass is 31.2. The lowest BCUT2D eigenvalue weighted by atomic mass is 9.68. The summed E-state index contributed by atoms with van der Waals surface area (Å²) in [4.78, 5) is 0. The van der Waals surface area contributed by atoms with E-state index in [1.165, 1.54) is 119 Å². The molecule has 0 fully saturated rings. The lowest BCUT2D eigenvalue weighted by molar-refractivity contribution is -0.0278. The van der Waals surface area contributed by atoms with Crippen LogP contribution in [-0.4, -0.2) is 0 Å². The molecule has 6 aromatic rings. The molecular weight excluding hydrogens is 1380 g/mol. The van der Waals surface area contributed by atoms with Crippen molar-refractivity contribution in [1.82, 2.24) is 0 Å². The van der Waals surface area contributed by atoms with E-state index in [0.29, 0.717) is 19.3 Å². The maximum absolute atomic E-state index is 9.66. The SMILES string of the molecule is CCCCCCCC(OP(OC(CCCCCCC)(c1ccc(C(C)(C)C)cc1C(C)(C)C)c1ccc(C(C)(C)C)cc1C(C)(C)C)OC(CCCCCCC)(c1ccc(C(C)(C)C)cc1C(C)(C)C)c1ccc(C(C)(C)C)cc1C(C)(C)C)(c1ccc(C(C)(C)C)cc1C(C)(C)C)c1ccc(C(C)(C)C)cc1C(C)(C)C. The molecule has 0 aliphatic rings. The second kappa shape index (κ2) is 36.1. The topological polar surface area (TPSA) is 27.7 Å². The molecule has 0 bridgehead atoms. The van der Waals surface area contributed by atoms with Crippen LogP contribution in [0.2, 0.25) is 0 Å². The quantitative estimate of drug-likeness (QED) is 0.0332. The average molecular weight is 1550 g/mol. The van der Waals surface area contributed by atoms with Gasteiger partial charge in [0, 0.05) is 0 Å². The number of hydrogen-bond donors (Lipinski definition) is 0. The van der Waals surface area contributed by atoms with Crippen LogP contribution in [0.15, 0.2) is 109 Å². The minimum atomic E-state index is -2.62. The number of rotatable bonds is 30. The molecule has 0 heterocycles. The zero-order valence-corrected chi connectivity index (χ0v) is 81.2. The van der Waals surface area contributed by atoms with E-state index in [0.717, 1.165) is 77.0 Å².